The fraction of sp³-hybridized carbons (Fsp3) is 0.333. The minimum Gasteiger partial charge on any atom is -0.490 e. The molecule has 1 amide bonds. The Balaban J connectivity index is 1.45. The molecule has 0 aliphatic carbocycles. The summed E-state index contributed by atoms with van der Waals surface area (Å²) in [6.07, 6.45) is 0.335. The van der Waals surface area contributed by atoms with Crippen LogP contribution in [0.2, 0.25) is 0 Å². The van der Waals surface area contributed by atoms with Crippen LogP contribution in [0.15, 0.2) is 47.0 Å². The van der Waals surface area contributed by atoms with Crippen molar-refractivity contribution >= 4 is 5.91 Å². The fourth-order valence-electron chi connectivity index (χ4n) is 3.72. The zero-order chi connectivity index (χ0) is 22.5. The first-order valence-corrected chi connectivity index (χ1v) is 10.6. The van der Waals surface area contributed by atoms with Crippen LogP contribution < -0.4 is 9.47 Å². The number of rotatable bonds is 8. The van der Waals surface area contributed by atoms with E-state index in [1.54, 1.807) is 29.2 Å². The van der Waals surface area contributed by atoms with Gasteiger partial charge in [0.05, 0.1) is 24.8 Å². The largest absolute Gasteiger partial charge is 0.490 e. The maximum Gasteiger partial charge on any atom is 0.257 e. The Bertz CT molecular complexity index is 1130. The van der Waals surface area contributed by atoms with Crippen LogP contribution in [0.1, 0.15) is 43.1 Å². The van der Waals surface area contributed by atoms with Gasteiger partial charge in [-0.2, -0.15) is 10.2 Å². The van der Waals surface area contributed by atoms with Gasteiger partial charge >= 0.3 is 0 Å². The van der Waals surface area contributed by atoms with Gasteiger partial charge in [-0.05, 0) is 55.8 Å². The van der Waals surface area contributed by atoms with Crippen molar-refractivity contribution in [3.05, 3.63) is 59.4 Å². The highest BCUT2D eigenvalue weighted by Crippen LogP contribution is 2.32. The summed E-state index contributed by atoms with van der Waals surface area (Å²) >= 11 is 0. The minimum atomic E-state index is -0.132. The molecule has 8 nitrogen and oxygen atoms in total. The Kier molecular flexibility index (Phi) is 6.36. The molecule has 32 heavy (non-hydrogen) atoms. The average molecular weight is 432 g/mol. The van der Waals surface area contributed by atoms with Gasteiger partial charge in [0.1, 0.15) is 0 Å². The van der Waals surface area contributed by atoms with Crippen molar-refractivity contribution in [2.45, 2.75) is 32.7 Å². The third kappa shape index (κ3) is 4.57. The van der Waals surface area contributed by atoms with E-state index in [2.05, 4.69) is 16.2 Å². The van der Waals surface area contributed by atoms with Crippen molar-refractivity contribution in [2.75, 3.05) is 19.8 Å². The predicted octanol–water partition coefficient (Wildman–Crippen LogP) is 3.92. The summed E-state index contributed by atoms with van der Waals surface area (Å²) in [4.78, 5) is 18.9. The minimum absolute atomic E-state index is 0.0477. The number of likely N-dealkylation sites (tertiary alicyclic amines) is 1. The smallest absolute Gasteiger partial charge is 0.257 e. The predicted molar refractivity (Wildman–Crippen MR) is 116 cm³/mol. The third-order valence-corrected chi connectivity index (χ3v) is 5.26. The first kappa shape index (κ1) is 21.4. The van der Waals surface area contributed by atoms with Crippen molar-refractivity contribution in [3.8, 4) is 29.0 Å². The molecule has 1 aliphatic heterocycles. The number of carbonyl (C=O) groups excluding carboxylic acids is 1. The number of hydrogen-bond acceptors (Lipinski definition) is 7. The van der Waals surface area contributed by atoms with Gasteiger partial charge in [-0.25, -0.2) is 0 Å². The van der Waals surface area contributed by atoms with Gasteiger partial charge in [-0.1, -0.05) is 11.2 Å². The number of ether oxygens (including phenoxy) is 2. The van der Waals surface area contributed by atoms with Gasteiger partial charge in [0, 0.05) is 31.0 Å². The van der Waals surface area contributed by atoms with Gasteiger partial charge in [-0.15, -0.1) is 0 Å². The van der Waals surface area contributed by atoms with Crippen LogP contribution in [0, 0.1) is 11.3 Å². The Morgan fingerprint density at radius 2 is 1.88 bits per heavy atom. The monoisotopic (exact) mass is 432 g/mol. The average Bonchev–Trinajstić information content (AvgIpc) is 3.43. The second kappa shape index (κ2) is 9.52. The first-order valence-electron chi connectivity index (χ1n) is 10.6. The maximum atomic E-state index is 12.6. The normalized spacial score (nSPS) is 15.6. The van der Waals surface area contributed by atoms with E-state index in [1.807, 2.05) is 32.0 Å². The van der Waals surface area contributed by atoms with Crippen LogP contribution in [0.25, 0.3) is 11.5 Å². The van der Waals surface area contributed by atoms with Crippen LogP contribution in [0.4, 0.5) is 0 Å². The van der Waals surface area contributed by atoms with Crippen LogP contribution in [-0.4, -0.2) is 40.7 Å². The van der Waals surface area contributed by atoms with Gasteiger partial charge in [0.2, 0.25) is 5.91 Å². The van der Waals surface area contributed by atoms with E-state index in [4.69, 9.17) is 19.3 Å². The zero-order valence-corrected chi connectivity index (χ0v) is 18.1. The first-order chi connectivity index (χ1) is 15.6. The van der Waals surface area contributed by atoms with E-state index < -0.39 is 0 Å². The van der Waals surface area contributed by atoms with Crippen LogP contribution in [0.3, 0.4) is 0 Å². The molecule has 1 saturated heterocycles. The number of amides is 1. The molecule has 164 valence electrons. The van der Waals surface area contributed by atoms with E-state index in [9.17, 15) is 4.79 Å². The van der Waals surface area contributed by atoms with Crippen LogP contribution >= 0.6 is 0 Å². The van der Waals surface area contributed by atoms with Gasteiger partial charge in [0.15, 0.2) is 17.3 Å². The van der Waals surface area contributed by atoms with Gasteiger partial charge < -0.3 is 18.9 Å². The van der Waals surface area contributed by atoms with Crippen molar-refractivity contribution in [3.63, 3.8) is 0 Å². The fourth-order valence-corrected chi connectivity index (χ4v) is 3.72. The van der Waals surface area contributed by atoms with E-state index in [1.165, 1.54) is 0 Å². The lowest BCUT2D eigenvalue weighted by atomic mass is 10.1. The van der Waals surface area contributed by atoms with Crippen LogP contribution in [-0.2, 0) is 11.3 Å². The summed E-state index contributed by atoms with van der Waals surface area (Å²) < 4.78 is 16.7. The SMILES string of the molecule is CCOc1ccc(CN2CC(c3noc(-c4ccc(C#N)cc4)n3)CC2=O)cc1OCC. The highest BCUT2D eigenvalue weighted by atomic mass is 16.5. The number of nitriles is 1. The summed E-state index contributed by atoms with van der Waals surface area (Å²) in [6.45, 7) is 5.93. The molecule has 1 aliphatic rings. The molecule has 1 unspecified atom stereocenters. The molecule has 1 atom stereocenters. The molecule has 1 fully saturated rings. The van der Waals surface area contributed by atoms with Gasteiger partial charge in [0.25, 0.3) is 5.89 Å². The Morgan fingerprint density at radius 1 is 1.12 bits per heavy atom. The van der Waals surface area contributed by atoms with Crippen molar-refractivity contribution in [1.82, 2.24) is 15.0 Å². The quantitative estimate of drug-likeness (QED) is 0.532. The zero-order valence-electron chi connectivity index (χ0n) is 18.1. The lowest BCUT2D eigenvalue weighted by molar-refractivity contribution is -0.128. The highest BCUT2D eigenvalue weighted by molar-refractivity contribution is 5.79. The molecular weight excluding hydrogens is 408 g/mol. The number of aromatic nitrogens is 2. The maximum absolute atomic E-state index is 12.6. The summed E-state index contributed by atoms with van der Waals surface area (Å²) in [6, 6.07) is 14.8. The molecule has 0 spiro atoms. The Labute approximate surface area is 186 Å². The van der Waals surface area contributed by atoms with Crippen molar-refractivity contribution in [2.24, 2.45) is 0 Å². The highest BCUT2D eigenvalue weighted by Gasteiger charge is 2.34. The third-order valence-electron chi connectivity index (χ3n) is 5.26. The molecule has 0 bridgehead atoms. The summed E-state index contributed by atoms with van der Waals surface area (Å²) in [5, 5.41) is 13.0. The second-order valence-electron chi connectivity index (χ2n) is 7.47. The van der Waals surface area contributed by atoms with Crippen molar-refractivity contribution in [1.29, 1.82) is 5.26 Å². The van der Waals surface area contributed by atoms with Crippen LogP contribution in [0.5, 0.6) is 11.5 Å². The lowest BCUT2D eigenvalue weighted by Gasteiger charge is -2.18. The molecule has 3 aromatic rings. The topological polar surface area (TPSA) is 101 Å². The molecule has 0 N–H and O–H groups in total. The van der Waals surface area contributed by atoms with Gasteiger partial charge in [-0.3, -0.25) is 4.79 Å². The van der Waals surface area contributed by atoms with E-state index in [-0.39, 0.29) is 11.8 Å². The molecule has 0 radical (unpaired) electrons. The van der Waals surface area contributed by atoms with E-state index in [0.717, 1.165) is 11.1 Å². The van der Waals surface area contributed by atoms with Crippen molar-refractivity contribution < 1.29 is 18.8 Å². The Hall–Kier alpha value is -3.86. The number of carbonyl (C=O) groups is 1. The van der Waals surface area contributed by atoms with E-state index in [0.29, 0.717) is 61.5 Å². The second-order valence-corrected chi connectivity index (χ2v) is 7.47. The molecular formula is C24H24N4O4. The Morgan fingerprint density at radius 3 is 2.59 bits per heavy atom. The molecule has 0 saturated carbocycles. The molecule has 1 aromatic heterocycles. The summed E-state index contributed by atoms with van der Waals surface area (Å²) in [5.41, 5.74) is 2.27. The molecule has 4 rings (SSSR count). The number of hydrogen-bond donors (Lipinski definition) is 0. The number of nitrogens with zero attached hydrogens (tertiary/aromatic N) is 4. The molecule has 2 heterocycles. The van der Waals surface area contributed by atoms with E-state index >= 15 is 0 Å². The molecule has 2 aromatic carbocycles. The summed E-state index contributed by atoms with van der Waals surface area (Å²) in [5.74, 6) is 2.19. The number of benzene rings is 2. The standard InChI is InChI=1S/C24H24N4O4/c1-3-30-20-10-7-17(11-21(20)31-4-2)14-28-15-19(12-22(28)29)23-26-24(32-27-23)18-8-5-16(13-25)6-9-18/h5-11,19H,3-4,12,14-15H2,1-2H3. The summed E-state index contributed by atoms with van der Waals surface area (Å²) in [7, 11) is 0. The molecule has 8 heteroatoms. The lowest BCUT2D eigenvalue weighted by Crippen LogP contribution is -2.24.